The normalized spacial score (nSPS) is 14.6. The summed E-state index contributed by atoms with van der Waals surface area (Å²) in [6.45, 7) is 1.14. The molecule has 0 N–H and O–H groups in total. The van der Waals surface area contributed by atoms with Gasteiger partial charge in [-0.3, -0.25) is 14.9 Å². The smallest absolute Gasteiger partial charge is 0.343 e. The van der Waals surface area contributed by atoms with Gasteiger partial charge in [0.2, 0.25) is 5.75 Å². The maximum atomic E-state index is 12.2. The molecule has 7 nitrogen and oxygen atoms in total. The Morgan fingerprint density at radius 1 is 1.29 bits per heavy atom. The Morgan fingerprint density at radius 3 is 2.57 bits per heavy atom. The summed E-state index contributed by atoms with van der Waals surface area (Å²) in [4.78, 5) is 34.0. The Morgan fingerprint density at radius 2 is 1.96 bits per heavy atom. The van der Waals surface area contributed by atoms with Gasteiger partial charge >= 0.3 is 17.6 Å². The van der Waals surface area contributed by atoms with Gasteiger partial charge in [0.15, 0.2) is 0 Å². The quantitative estimate of drug-likeness (QED) is 0.210. The average Bonchev–Trinajstić information content (AvgIpc) is 2.97. The predicted octanol–water partition coefficient (Wildman–Crippen LogP) is 4.92. The third kappa shape index (κ3) is 4.29. The van der Waals surface area contributed by atoms with Crippen molar-refractivity contribution in [3.05, 3.63) is 78.8 Å². The number of halogens is 2. The first-order valence-corrected chi connectivity index (χ1v) is 8.99. The molecule has 0 saturated heterocycles. The van der Waals surface area contributed by atoms with Crippen molar-refractivity contribution in [1.82, 2.24) is 0 Å². The fourth-order valence-electron chi connectivity index (χ4n) is 2.49. The van der Waals surface area contributed by atoms with Crippen molar-refractivity contribution in [2.45, 2.75) is 6.92 Å². The molecule has 28 heavy (non-hydrogen) atoms. The minimum atomic E-state index is -0.690. The molecule has 0 atom stereocenters. The minimum absolute atomic E-state index is 0.203. The molecule has 2 aromatic carbocycles. The Kier molecular flexibility index (Phi) is 5.62. The van der Waals surface area contributed by atoms with Crippen LogP contribution in [0.1, 0.15) is 18.1 Å². The van der Waals surface area contributed by atoms with Gasteiger partial charge in [0.05, 0.1) is 15.0 Å². The van der Waals surface area contributed by atoms with Gasteiger partial charge in [0.1, 0.15) is 5.76 Å². The van der Waals surface area contributed by atoms with Crippen LogP contribution in [0.2, 0.25) is 5.02 Å². The molecule has 0 saturated carbocycles. The Labute approximate surface area is 172 Å². The highest BCUT2D eigenvalue weighted by Gasteiger charge is 2.24. The van der Waals surface area contributed by atoms with Crippen LogP contribution in [-0.2, 0) is 14.3 Å². The van der Waals surface area contributed by atoms with E-state index in [0.717, 1.165) is 6.92 Å². The molecule has 0 aliphatic carbocycles. The molecule has 0 radical (unpaired) electrons. The van der Waals surface area contributed by atoms with E-state index in [0.29, 0.717) is 21.9 Å². The van der Waals surface area contributed by atoms with Gasteiger partial charge in [-0.05, 0) is 64.0 Å². The van der Waals surface area contributed by atoms with Crippen LogP contribution in [0, 0.1) is 10.1 Å². The number of benzene rings is 2. The molecule has 0 bridgehead atoms. The maximum absolute atomic E-state index is 12.2. The summed E-state index contributed by atoms with van der Waals surface area (Å²) in [5.41, 5.74) is 0.824. The summed E-state index contributed by atoms with van der Waals surface area (Å²) in [5.74, 6) is -1.14. The summed E-state index contributed by atoms with van der Waals surface area (Å²) >= 11 is 9.01. The lowest BCUT2D eigenvalue weighted by atomic mass is 10.1. The zero-order valence-electron chi connectivity index (χ0n) is 14.3. The molecular formula is C19H11BrClNO6. The van der Waals surface area contributed by atoms with Gasteiger partial charge in [-0.25, -0.2) is 4.79 Å². The van der Waals surface area contributed by atoms with Crippen LogP contribution in [0.25, 0.3) is 11.8 Å². The maximum Gasteiger partial charge on any atom is 0.343 e. The van der Waals surface area contributed by atoms with Gasteiger partial charge < -0.3 is 9.47 Å². The Balaban J connectivity index is 2.00. The van der Waals surface area contributed by atoms with E-state index in [4.69, 9.17) is 21.1 Å². The van der Waals surface area contributed by atoms with Crippen molar-refractivity contribution in [2.75, 3.05) is 0 Å². The van der Waals surface area contributed by atoms with Crippen LogP contribution in [0.4, 0.5) is 5.69 Å². The molecule has 0 amide bonds. The van der Waals surface area contributed by atoms with Crippen molar-refractivity contribution in [2.24, 2.45) is 0 Å². The van der Waals surface area contributed by atoms with E-state index in [-0.39, 0.29) is 15.8 Å². The lowest BCUT2D eigenvalue weighted by Gasteiger charge is -2.06. The molecule has 3 rings (SSSR count). The second-order valence-electron chi connectivity index (χ2n) is 5.71. The Bertz CT molecular complexity index is 1060. The van der Waals surface area contributed by atoms with E-state index in [1.165, 1.54) is 24.3 Å². The number of rotatable bonds is 4. The van der Waals surface area contributed by atoms with Crippen LogP contribution in [0.3, 0.4) is 0 Å². The summed E-state index contributed by atoms with van der Waals surface area (Å²) in [6.07, 6.45) is 2.98. The van der Waals surface area contributed by atoms with Gasteiger partial charge in [-0.1, -0.05) is 11.6 Å². The summed E-state index contributed by atoms with van der Waals surface area (Å²) in [5, 5.41) is 11.9. The number of nitro benzene ring substituents is 1. The second kappa shape index (κ2) is 7.95. The minimum Gasteiger partial charge on any atom is -0.422 e. The predicted molar refractivity (Wildman–Crippen MR) is 106 cm³/mol. The summed E-state index contributed by atoms with van der Waals surface area (Å²) in [6, 6.07) is 9.46. The molecule has 1 heterocycles. The largest absolute Gasteiger partial charge is 0.422 e. The fourth-order valence-corrected chi connectivity index (χ4v) is 3.16. The first-order chi connectivity index (χ1) is 13.2. The number of nitrogens with zero attached hydrogens (tertiary/aromatic N) is 1. The first-order valence-electron chi connectivity index (χ1n) is 7.82. The topological polar surface area (TPSA) is 95.7 Å². The molecule has 142 valence electrons. The third-order valence-electron chi connectivity index (χ3n) is 3.66. The number of ether oxygens (including phenoxy) is 2. The lowest BCUT2D eigenvalue weighted by Crippen LogP contribution is -2.05. The van der Waals surface area contributed by atoms with E-state index in [1.807, 2.05) is 0 Å². The standard InChI is InChI=1S/C19H11BrClNO6/c1-10(23)27-18-15(20)7-11(8-16(18)22(25)26)6-13-9-17(28-19(13)24)12-2-4-14(21)5-3-12/h2-9H,1H3/b13-6+. The van der Waals surface area contributed by atoms with Crippen LogP contribution in [0.15, 0.2) is 52.5 Å². The molecule has 9 heteroatoms. The van der Waals surface area contributed by atoms with Crippen molar-refractivity contribution in [3.8, 4) is 5.75 Å². The third-order valence-corrected chi connectivity index (χ3v) is 4.51. The van der Waals surface area contributed by atoms with Gasteiger partial charge in [-0.2, -0.15) is 0 Å². The Hall–Kier alpha value is -2.97. The van der Waals surface area contributed by atoms with Gasteiger partial charge in [0.25, 0.3) is 0 Å². The second-order valence-corrected chi connectivity index (χ2v) is 7.00. The van der Waals surface area contributed by atoms with Crippen molar-refractivity contribution >= 4 is 57.0 Å². The highest BCUT2D eigenvalue weighted by molar-refractivity contribution is 9.10. The van der Waals surface area contributed by atoms with E-state index in [1.54, 1.807) is 24.3 Å². The van der Waals surface area contributed by atoms with Crippen LogP contribution in [0.5, 0.6) is 5.75 Å². The van der Waals surface area contributed by atoms with Gasteiger partial charge in [-0.15, -0.1) is 0 Å². The molecule has 0 aromatic heterocycles. The van der Waals surface area contributed by atoms with Crippen LogP contribution >= 0.6 is 27.5 Å². The van der Waals surface area contributed by atoms with E-state index in [9.17, 15) is 19.7 Å². The highest BCUT2D eigenvalue weighted by Crippen LogP contribution is 2.38. The fraction of sp³-hybridized carbons (Fsp3) is 0.0526. The number of carbonyl (C=O) groups excluding carboxylic acids is 2. The van der Waals surface area contributed by atoms with E-state index < -0.39 is 22.5 Å². The van der Waals surface area contributed by atoms with Crippen molar-refractivity contribution in [1.29, 1.82) is 0 Å². The molecule has 2 aromatic rings. The number of nitro groups is 1. The number of hydrogen-bond acceptors (Lipinski definition) is 6. The number of carbonyl (C=O) groups is 2. The molecule has 0 fully saturated rings. The van der Waals surface area contributed by atoms with Crippen LogP contribution < -0.4 is 4.74 Å². The van der Waals surface area contributed by atoms with Crippen LogP contribution in [-0.4, -0.2) is 16.9 Å². The van der Waals surface area contributed by atoms with Crippen molar-refractivity contribution in [3.63, 3.8) is 0 Å². The molecule has 0 spiro atoms. The summed E-state index contributed by atoms with van der Waals surface area (Å²) < 4.78 is 10.4. The monoisotopic (exact) mass is 463 g/mol. The van der Waals surface area contributed by atoms with Crippen molar-refractivity contribution < 1.29 is 24.0 Å². The molecule has 0 unspecified atom stereocenters. The summed E-state index contributed by atoms with van der Waals surface area (Å²) in [7, 11) is 0. The lowest BCUT2D eigenvalue weighted by molar-refractivity contribution is -0.385. The first kappa shape index (κ1) is 19.8. The molecule has 1 aliphatic rings. The highest BCUT2D eigenvalue weighted by atomic mass is 79.9. The molecule has 1 aliphatic heterocycles. The van der Waals surface area contributed by atoms with Gasteiger partial charge in [0, 0.05) is 23.6 Å². The SMILES string of the molecule is CC(=O)Oc1c(Br)cc(/C=C2\C=C(c3ccc(Cl)cc3)OC2=O)cc1[N+](=O)[O-]. The number of esters is 2. The number of cyclic esters (lactones) is 1. The van der Waals surface area contributed by atoms with E-state index >= 15 is 0 Å². The zero-order valence-corrected chi connectivity index (χ0v) is 16.6. The molecular weight excluding hydrogens is 454 g/mol. The van der Waals surface area contributed by atoms with E-state index in [2.05, 4.69) is 15.9 Å². The zero-order chi connectivity index (χ0) is 20.4. The number of hydrogen-bond donors (Lipinski definition) is 0. The average molecular weight is 465 g/mol.